The normalized spacial score (nSPS) is 12.8. The van der Waals surface area contributed by atoms with Crippen LogP contribution in [0.3, 0.4) is 0 Å². The highest BCUT2D eigenvalue weighted by Gasteiger charge is 2.24. The third kappa shape index (κ3) is 14.3. The molecule has 128 valence electrons. The second-order valence-electron chi connectivity index (χ2n) is 4.60. The van der Waals surface area contributed by atoms with Crippen molar-refractivity contribution < 1.29 is 18.1 Å². The van der Waals surface area contributed by atoms with Gasteiger partial charge in [-0.1, -0.05) is 60.5 Å². The molecule has 21 heavy (non-hydrogen) atoms. The molecule has 0 aromatic heterocycles. The van der Waals surface area contributed by atoms with Gasteiger partial charge in [0, 0.05) is 0 Å². The maximum atomic E-state index is 12.0. The Morgan fingerprint density at radius 1 is 0.810 bits per heavy atom. The van der Waals surface area contributed by atoms with Gasteiger partial charge < -0.3 is 0 Å². The highest BCUT2D eigenvalue weighted by Crippen LogP contribution is 2.49. The Kier molecular flexibility index (Phi) is 13.0. The number of phosphoric ester groups is 1. The number of alkyl halides is 3. The van der Waals surface area contributed by atoms with E-state index in [1.165, 1.54) is 0 Å². The van der Waals surface area contributed by atoms with Crippen LogP contribution in [0.5, 0.6) is 0 Å². The van der Waals surface area contributed by atoms with E-state index in [0.717, 1.165) is 38.5 Å². The molecule has 0 atom stereocenters. The van der Waals surface area contributed by atoms with E-state index in [9.17, 15) is 4.57 Å². The molecule has 0 amide bonds. The van der Waals surface area contributed by atoms with Crippen LogP contribution in [0.1, 0.15) is 58.8 Å². The van der Waals surface area contributed by atoms with Crippen molar-refractivity contribution in [1.29, 1.82) is 0 Å². The monoisotopic (exact) mass is 382 g/mol. The molecule has 0 N–H and O–H groups in total. The summed E-state index contributed by atoms with van der Waals surface area (Å²) in [7, 11) is -3.35. The molecule has 0 unspecified atom stereocenters. The van der Waals surface area contributed by atoms with Crippen LogP contribution in [0.25, 0.3) is 0 Å². The highest BCUT2D eigenvalue weighted by atomic mass is 35.6. The van der Waals surface area contributed by atoms with Crippen LogP contribution < -0.4 is 0 Å². The summed E-state index contributed by atoms with van der Waals surface area (Å²) in [4.78, 5) is 0. The summed E-state index contributed by atoms with van der Waals surface area (Å²) in [6, 6.07) is 0. The van der Waals surface area contributed by atoms with Crippen molar-refractivity contribution in [3.05, 3.63) is 0 Å². The van der Waals surface area contributed by atoms with Crippen LogP contribution in [0, 0.1) is 0 Å². The number of halogens is 3. The Labute approximate surface area is 143 Å². The average Bonchev–Trinajstić information content (AvgIpc) is 2.36. The van der Waals surface area contributed by atoms with Crippen molar-refractivity contribution in [1.82, 2.24) is 0 Å². The molecule has 0 heterocycles. The van der Waals surface area contributed by atoms with Gasteiger partial charge in [0.1, 0.15) is 0 Å². The van der Waals surface area contributed by atoms with Crippen molar-refractivity contribution in [2.75, 3.05) is 19.8 Å². The van der Waals surface area contributed by atoms with Crippen LogP contribution >= 0.6 is 42.6 Å². The van der Waals surface area contributed by atoms with E-state index in [2.05, 4.69) is 0 Å². The third-order valence-corrected chi connectivity index (χ3v) is 4.89. The van der Waals surface area contributed by atoms with Gasteiger partial charge in [-0.2, -0.15) is 0 Å². The van der Waals surface area contributed by atoms with Gasteiger partial charge in [-0.3, -0.25) is 13.6 Å². The molecule has 4 nitrogen and oxygen atoms in total. The molecule has 0 aliphatic heterocycles. The topological polar surface area (TPSA) is 44.8 Å². The Bertz CT molecular complexity index is 288. The zero-order valence-electron chi connectivity index (χ0n) is 12.8. The van der Waals surface area contributed by atoms with E-state index < -0.39 is 11.6 Å². The second kappa shape index (κ2) is 12.4. The first kappa shape index (κ1) is 22.0. The number of hydrogen-bond acceptors (Lipinski definition) is 4. The first-order valence-corrected chi connectivity index (χ1v) is 10.0. The lowest BCUT2D eigenvalue weighted by Crippen LogP contribution is -2.02. The van der Waals surface area contributed by atoms with Crippen molar-refractivity contribution >= 4 is 42.6 Å². The van der Waals surface area contributed by atoms with Gasteiger partial charge in [-0.15, -0.1) is 0 Å². The summed E-state index contributed by atoms with van der Waals surface area (Å²) in [6.07, 6.45) is 6.56. The molecule has 0 aromatic rings. The lowest BCUT2D eigenvalue weighted by atomic mass is 10.1. The molecule has 0 saturated heterocycles. The predicted octanol–water partition coefficient (Wildman–Crippen LogP) is 6.29. The third-order valence-electron chi connectivity index (χ3n) is 2.68. The van der Waals surface area contributed by atoms with Crippen LogP contribution in [0.4, 0.5) is 0 Å². The number of rotatable bonds is 13. The molecule has 8 heteroatoms. The van der Waals surface area contributed by atoms with Crippen LogP contribution in [0.2, 0.25) is 0 Å². The van der Waals surface area contributed by atoms with Crippen LogP contribution in [0.15, 0.2) is 0 Å². The Balaban J connectivity index is 3.52. The lowest BCUT2D eigenvalue weighted by Gasteiger charge is -2.16. The summed E-state index contributed by atoms with van der Waals surface area (Å²) in [5.74, 6) is 0. The van der Waals surface area contributed by atoms with E-state index in [1.54, 1.807) is 13.8 Å². The van der Waals surface area contributed by atoms with Gasteiger partial charge in [0.25, 0.3) is 0 Å². The summed E-state index contributed by atoms with van der Waals surface area (Å²) >= 11 is 17.0. The fourth-order valence-corrected chi connectivity index (χ4v) is 3.35. The minimum Gasteiger partial charge on any atom is -0.287 e. The van der Waals surface area contributed by atoms with Gasteiger partial charge in [0.2, 0.25) is 0 Å². The molecular formula is C13H26Cl3O4P. The van der Waals surface area contributed by atoms with E-state index in [1.807, 2.05) is 0 Å². The summed E-state index contributed by atoms with van der Waals surface area (Å²) in [6.45, 7) is 4.50. The van der Waals surface area contributed by atoms with E-state index in [0.29, 0.717) is 26.2 Å². The second-order valence-corrected chi connectivity index (χ2v) is 8.79. The lowest BCUT2D eigenvalue weighted by molar-refractivity contribution is 0.120. The maximum Gasteiger partial charge on any atom is 0.474 e. The van der Waals surface area contributed by atoms with Crippen molar-refractivity contribution in [3.8, 4) is 0 Å². The standard InChI is InChI=1S/C13H26Cl3O4P/c1-3-18-21(17,19-4-2)20-12-10-8-6-5-7-9-11-13(14,15)16/h3-12H2,1-2H3. The molecule has 0 spiro atoms. The fourth-order valence-electron chi connectivity index (χ4n) is 1.74. The van der Waals surface area contributed by atoms with Gasteiger partial charge in [-0.25, -0.2) is 4.57 Å². The molecule has 0 saturated carbocycles. The first-order chi connectivity index (χ1) is 9.83. The summed E-state index contributed by atoms with van der Waals surface area (Å²) < 4.78 is 26.2. The minimum atomic E-state index is -3.35. The van der Waals surface area contributed by atoms with Gasteiger partial charge >= 0.3 is 7.82 Å². The quantitative estimate of drug-likeness (QED) is 0.213. The first-order valence-electron chi connectivity index (χ1n) is 7.43. The molecule has 0 bridgehead atoms. The van der Waals surface area contributed by atoms with Crippen LogP contribution in [-0.4, -0.2) is 23.6 Å². The molecule has 0 fully saturated rings. The van der Waals surface area contributed by atoms with E-state index >= 15 is 0 Å². The highest BCUT2D eigenvalue weighted by molar-refractivity contribution is 7.48. The Morgan fingerprint density at radius 2 is 1.29 bits per heavy atom. The smallest absolute Gasteiger partial charge is 0.287 e. The summed E-state index contributed by atoms with van der Waals surface area (Å²) in [5.41, 5.74) is 0. The van der Waals surface area contributed by atoms with Gasteiger partial charge in [-0.05, 0) is 33.1 Å². The zero-order chi connectivity index (χ0) is 16.2. The fraction of sp³-hybridized carbons (Fsp3) is 1.00. The average molecular weight is 384 g/mol. The largest absolute Gasteiger partial charge is 0.474 e. The molecule has 0 radical (unpaired) electrons. The maximum absolute atomic E-state index is 12.0. The minimum absolute atomic E-state index is 0.306. The Morgan fingerprint density at radius 3 is 1.76 bits per heavy atom. The van der Waals surface area contributed by atoms with Crippen molar-refractivity contribution in [3.63, 3.8) is 0 Å². The van der Waals surface area contributed by atoms with E-state index in [-0.39, 0.29) is 0 Å². The SMILES string of the molecule is CCOP(=O)(OCC)OCCCCCCCCC(Cl)(Cl)Cl. The predicted molar refractivity (Wildman–Crippen MR) is 89.4 cm³/mol. The summed E-state index contributed by atoms with van der Waals surface area (Å²) in [5, 5.41) is 0. The molecule has 0 aromatic carbocycles. The van der Waals surface area contributed by atoms with Gasteiger partial charge in [0.05, 0.1) is 19.8 Å². The van der Waals surface area contributed by atoms with Crippen LogP contribution in [-0.2, 0) is 18.1 Å². The number of hydrogen-bond donors (Lipinski definition) is 0. The van der Waals surface area contributed by atoms with Crippen molar-refractivity contribution in [2.45, 2.75) is 62.6 Å². The number of unbranched alkanes of at least 4 members (excludes halogenated alkanes) is 5. The Hall–Kier alpha value is 0.980. The van der Waals surface area contributed by atoms with Gasteiger partial charge in [0.15, 0.2) is 3.79 Å². The van der Waals surface area contributed by atoms with Crippen molar-refractivity contribution in [2.24, 2.45) is 0 Å². The number of phosphoric acid groups is 1. The molecule has 0 rings (SSSR count). The molecular weight excluding hydrogens is 357 g/mol. The van der Waals surface area contributed by atoms with E-state index in [4.69, 9.17) is 48.4 Å². The zero-order valence-corrected chi connectivity index (χ0v) is 15.9. The molecule has 0 aliphatic rings. The molecule has 0 aliphatic carbocycles.